The predicted octanol–water partition coefficient (Wildman–Crippen LogP) is 4.72. The molecule has 0 aliphatic heterocycles. The van der Waals surface area contributed by atoms with E-state index in [0.29, 0.717) is 40.4 Å². The van der Waals surface area contributed by atoms with Gasteiger partial charge in [-0.05, 0) is 37.0 Å². The minimum absolute atomic E-state index is 0.298. The van der Waals surface area contributed by atoms with Crippen molar-refractivity contribution in [3.63, 3.8) is 0 Å². The average molecular weight is 332 g/mol. The minimum atomic E-state index is -0.841. The Kier molecular flexibility index (Phi) is 5.51. The first kappa shape index (κ1) is 16.1. The Morgan fingerprint density at radius 3 is 2.19 bits per heavy atom. The Hall–Kier alpha value is -1.23. The van der Waals surface area contributed by atoms with E-state index in [1.54, 1.807) is 0 Å². The Balaban J connectivity index is 1.97. The largest absolute Gasteiger partial charge is 0.388 e. The predicted molar refractivity (Wildman–Crippen MR) is 78.5 cm³/mol. The van der Waals surface area contributed by atoms with Crippen LogP contribution >= 0.6 is 23.2 Å². The number of hydrogen-bond acceptors (Lipinski definition) is 2. The van der Waals surface area contributed by atoms with Gasteiger partial charge in [0.25, 0.3) is 0 Å². The van der Waals surface area contributed by atoms with Crippen LogP contribution in [0.15, 0.2) is 30.6 Å². The zero-order valence-electron chi connectivity index (χ0n) is 11.0. The molecule has 2 nitrogen and oxygen atoms in total. The quantitative estimate of drug-likeness (QED) is 0.859. The van der Waals surface area contributed by atoms with E-state index in [9.17, 15) is 13.9 Å². The van der Waals surface area contributed by atoms with Crippen molar-refractivity contribution < 1.29 is 13.9 Å². The van der Waals surface area contributed by atoms with Gasteiger partial charge in [0.2, 0.25) is 0 Å². The molecule has 0 aliphatic carbocycles. The molecule has 0 radical (unpaired) electrons. The van der Waals surface area contributed by atoms with Crippen LogP contribution in [0.3, 0.4) is 0 Å². The van der Waals surface area contributed by atoms with Crippen molar-refractivity contribution in [3.8, 4) is 0 Å². The highest BCUT2D eigenvalue weighted by atomic mass is 35.5. The molecular formula is C15H13Cl2F2NO. The number of aryl methyl sites for hydroxylation is 1. The van der Waals surface area contributed by atoms with Crippen LogP contribution in [-0.2, 0) is 6.42 Å². The molecule has 2 aromatic rings. The molecule has 1 N–H and O–H groups in total. The molecule has 0 aliphatic rings. The summed E-state index contributed by atoms with van der Waals surface area (Å²) in [5.74, 6) is -1.21. The van der Waals surface area contributed by atoms with Crippen molar-refractivity contribution in [1.29, 1.82) is 0 Å². The van der Waals surface area contributed by atoms with Crippen molar-refractivity contribution >= 4 is 23.2 Å². The fraction of sp³-hybridized carbons (Fsp3) is 0.267. The summed E-state index contributed by atoms with van der Waals surface area (Å²) in [7, 11) is 0. The molecule has 112 valence electrons. The average Bonchev–Trinajstić information content (AvgIpc) is 2.37. The number of halogens is 4. The molecule has 0 bridgehead atoms. The number of aromatic nitrogens is 1. The molecule has 6 heteroatoms. The van der Waals surface area contributed by atoms with E-state index in [0.717, 1.165) is 6.07 Å². The number of rotatable bonds is 5. The summed E-state index contributed by atoms with van der Waals surface area (Å²) in [6.45, 7) is 0. The molecular weight excluding hydrogens is 319 g/mol. The van der Waals surface area contributed by atoms with E-state index in [-0.39, 0.29) is 0 Å². The summed E-state index contributed by atoms with van der Waals surface area (Å²) in [5.41, 5.74) is 0.977. The van der Waals surface area contributed by atoms with E-state index in [1.807, 2.05) is 0 Å². The summed E-state index contributed by atoms with van der Waals surface area (Å²) in [5, 5.41) is 10.7. The number of hydrogen-bond donors (Lipinski definition) is 1. The number of nitrogens with zero attached hydrogens (tertiary/aromatic N) is 1. The van der Waals surface area contributed by atoms with Crippen LogP contribution in [0.4, 0.5) is 8.78 Å². The molecule has 1 atom stereocenters. The van der Waals surface area contributed by atoms with Gasteiger partial charge in [-0.3, -0.25) is 4.98 Å². The summed E-state index contributed by atoms with van der Waals surface area (Å²) in [4.78, 5) is 3.82. The number of benzene rings is 1. The van der Waals surface area contributed by atoms with Gasteiger partial charge in [-0.25, -0.2) is 8.78 Å². The topological polar surface area (TPSA) is 33.1 Å². The maximum absolute atomic E-state index is 13.1. The molecule has 21 heavy (non-hydrogen) atoms. The molecule has 1 aromatic carbocycles. The monoisotopic (exact) mass is 331 g/mol. The Morgan fingerprint density at radius 2 is 1.62 bits per heavy atom. The lowest BCUT2D eigenvalue weighted by Crippen LogP contribution is -2.01. The normalized spacial score (nSPS) is 12.4. The molecule has 1 heterocycles. The third-order valence-corrected chi connectivity index (χ3v) is 3.69. The van der Waals surface area contributed by atoms with Crippen LogP contribution in [0, 0.1) is 11.6 Å². The fourth-order valence-corrected chi connectivity index (χ4v) is 2.76. The third kappa shape index (κ3) is 4.37. The Labute approximate surface area is 131 Å². The van der Waals surface area contributed by atoms with Crippen molar-refractivity contribution in [2.24, 2.45) is 0 Å². The SMILES string of the molecule is OC(CCCc1cc(F)cc(F)c1)c1c(Cl)cncc1Cl. The molecule has 0 saturated carbocycles. The van der Waals surface area contributed by atoms with Gasteiger partial charge < -0.3 is 5.11 Å². The first-order valence-electron chi connectivity index (χ1n) is 6.39. The highest BCUT2D eigenvalue weighted by molar-refractivity contribution is 6.35. The van der Waals surface area contributed by atoms with Gasteiger partial charge in [-0.2, -0.15) is 0 Å². The molecule has 0 amide bonds. The van der Waals surface area contributed by atoms with Gasteiger partial charge in [0.1, 0.15) is 11.6 Å². The first-order valence-corrected chi connectivity index (χ1v) is 7.15. The summed E-state index contributed by atoms with van der Waals surface area (Å²) >= 11 is 11.9. The zero-order chi connectivity index (χ0) is 15.4. The van der Waals surface area contributed by atoms with Gasteiger partial charge in [0.05, 0.1) is 16.1 Å². The van der Waals surface area contributed by atoms with Crippen molar-refractivity contribution in [2.45, 2.75) is 25.4 Å². The zero-order valence-corrected chi connectivity index (χ0v) is 12.5. The second-order valence-corrected chi connectivity index (χ2v) is 5.52. The van der Waals surface area contributed by atoms with Crippen LogP contribution in [0.1, 0.15) is 30.1 Å². The van der Waals surface area contributed by atoms with Crippen LogP contribution in [0.25, 0.3) is 0 Å². The van der Waals surface area contributed by atoms with Crippen molar-refractivity contribution in [2.75, 3.05) is 0 Å². The number of aliphatic hydroxyl groups excluding tert-OH is 1. The Bertz CT molecular complexity index is 597. The van der Waals surface area contributed by atoms with Gasteiger partial charge in [-0.1, -0.05) is 23.2 Å². The Morgan fingerprint density at radius 1 is 1.05 bits per heavy atom. The van der Waals surface area contributed by atoms with E-state index in [4.69, 9.17) is 23.2 Å². The lowest BCUT2D eigenvalue weighted by atomic mass is 10.0. The maximum Gasteiger partial charge on any atom is 0.126 e. The second-order valence-electron chi connectivity index (χ2n) is 4.70. The lowest BCUT2D eigenvalue weighted by molar-refractivity contribution is 0.165. The minimum Gasteiger partial charge on any atom is -0.388 e. The molecule has 1 aromatic heterocycles. The van der Waals surface area contributed by atoms with Crippen LogP contribution in [0.5, 0.6) is 0 Å². The summed E-state index contributed by atoms with van der Waals surface area (Å²) < 4.78 is 26.1. The second kappa shape index (κ2) is 7.16. The first-order chi connectivity index (χ1) is 9.97. The van der Waals surface area contributed by atoms with E-state index in [2.05, 4.69) is 4.98 Å². The van der Waals surface area contributed by atoms with E-state index >= 15 is 0 Å². The smallest absolute Gasteiger partial charge is 0.126 e. The number of aliphatic hydroxyl groups is 1. The summed E-state index contributed by atoms with van der Waals surface area (Å²) in [6, 6.07) is 3.39. The maximum atomic E-state index is 13.1. The molecule has 0 fully saturated rings. The summed E-state index contributed by atoms with van der Waals surface area (Å²) in [6.07, 6.45) is 3.35. The number of pyridine rings is 1. The van der Waals surface area contributed by atoms with Gasteiger partial charge in [-0.15, -0.1) is 0 Å². The third-order valence-electron chi connectivity index (χ3n) is 3.09. The van der Waals surface area contributed by atoms with Crippen LogP contribution in [0.2, 0.25) is 10.0 Å². The standard InChI is InChI=1S/C15H13Cl2F2NO/c16-12-7-20-8-13(17)15(12)14(21)3-1-2-9-4-10(18)6-11(19)5-9/h4-8,14,21H,1-3H2. The molecule has 0 spiro atoms. The fourth-order valence-electron chi connectivity index (χ4n) is 2.14. The van der Waals surface area contributed by atoms with Gasteiger partial charge in [0.15, 0.2) is 0 Å². The molecule has 2 rings (SSSR count). The van der Waals surface area contributed by atoms with E-state index < -0.39 is 17.7 Å². The van der Waals surface area contributed by atoms with Crippen LogP contribution < -0.4 is 0 Å². The van der Waals surface area contributed by atoms with E-state index in [1.165, 1.54) is 24.5 Å². The van der Waals surface area contributed by atoms with Crippen molar-refractivity contribution in [1.82, 2.24) is 4.98 Å². The van der Waals surface area contributed by atoms with Crippen LogP contribution in [-0.4, -0.2) is 10.1 Å². The van der Waals surface area contributed by atoms with Gasteiger partial charge in [0, 0.05) is 24.0 Å². The van der Waals surface area contributed by atoms with Crippen molar-refractivity contribution in [3.05, 3.63) is 63.4 Å². The lowest BCUT2D eigenvalue weighted by Gasteiger charge is -2.14. The molecule has 1 unspecified atom stereocenters. The highest BCUT2D eigenvalue weighted by Gasteiger charge is 2.15. The van der Waals surface area contributed by atoms with Gasteiger partial charge >= 0.3 is 0 Å². The molecule has 0 saturated heterocycles. The highest BCUT2D eigenvalue weighted by Crippen LogP contribution is 2.31.